The second-order valence-electron chi connectivity index (χ2n) is 4.16. The molecule has 1 aromatic rings. The highest BCUT2D eigenvalue weighted by Crippen LogP contribution is 2.23. The summed E-state index contributed by atoms with van der Waals surface area (Å²) in [6, 6.07) is 4.16. The van der Waals surface area contributed by atoms with E-state index in [0.29, 0.717) is 18.6 Å². The third kappa shape index (κ3) is 2.98. The molecule has 0 radical (unpaired) electrons. The number of rotatable bonds is 5. The van der Waals surface area contributed by atoms with Crippen LogP contribution in [0.15, 0.2) is 18.2 Å². The summed E-state index contributed by atoms with van der Waals surface area (Å²) >= 11 is 0. The summed E-state index contributed by atoms with van der Waals surface area (Å²) < 4.78 is 18.5. The highest BCUT2D eigenvalue weighted by molar-refractivity contribution is 5.98. The number of methoxy groups -OCH3 is 1. The lowest BCUT2D eigenvalue weighted by molar-refractivity contribution is -0.121. The Bertz CT molecular complexity index is 431. The molecule has 4 nitrogen and oxygen atoms in total. The topological polar surface area (TPSA) is 64.4 Å². The Hall–Kier alpha value is -1.62. The summed E-state index contributed by atoms with van der Waals surface area (Å²) in [6.45, 7) is 3.65. The SMILES string of the molecule is CCC(N)(CC)C(=O)Nc1cc(OC)ccc1F. The minimum absolute atomic E-state index is 0.0797. The number of halogens is 1. The number of hydrogen-bond acceptors (Lipinski definition) is 3. The van der Waals surface area contributed by atoms with Gasteiger partial charge in [0.25, 0.3) is 0 Å². The largest absolute Gasteiger partial charge is 0.497 e. The summed E-state index contributed by atoms with van der Waals surface area (Å²) in [4.78, 5) is 12.0. The monoisotopic (exact) mass is 254 g/mol. The highest BCUT2D eigenvalue weighted by Gasteiger charge is 2.30. The Morgan fingerprint density at radius 1 is 1.44 bits per heavy atom. The molecule has 1 rings (SSSR count). The van der Waals surface area contributed by atoms with Crippen molar-refractivity contribution in [1.29, 1.82) is 0 Å². The maximum Gasteiger partial charge on any atom is 0.244 e. The molecule has 0 fully saturated rings. The van der Waals surface area contributed by atoms with Gasteiger partial charge in [0.05, 0.1) is 18.3 Å². The summed E-state index contributed by atoms with van der Waals surface area (Å²) in [5.41, 5.74) is 5.05. The van der Waals surface area contributed by atoms with E-state index in [2.05, 4.69) is 5.32 Å². The molecule has 0 saturated heterocycles. The van der Waals surface area contributed by atoms with E-state index in [1.807, 2.05) is 13.8 Å². The zero-order valence-corrected chi connectivity index (χ0v) is 10.9. The fourth-order valence-electron chi connectivity index (χ4n) is 1.55. The smallest absolute Gasteiger partial charge is 0.244 e. The average molecular weight is 254 g/mol. The van der Waals surface area contributed by atoms with Gasteiger partial charge in [0, 0.05) is 6.07 Å². The fourth-order valence-corrected chi connectivity index (χ4v) is 1.55. The van der Waals surface area contributed by atoms with E-state index < -0.39 is 11.4 Å². The fraction of sp³-hybridized carbons (Fsp3) is 0.462. The van der Waals surface area contributed by atoms with Gasteiger partial charge in [-0.1, -0.05) is 13.8 Å². The number of carbonyl (C=O) groups is 1. The molecule has 0 heterocycles. The van der Waals surface area contributed by atoms with Crippen LogP contribution < -0.4 is 15.8 Å². The van der Waals surface area contributed by atoms with E-state index in [4.69, 9.17) is 10.5 Å². The van der Waals surface area contributed by atoms with Gasteiger partial charge in [-0.2, -0.15) is 0 Å². The van der Waals surface area contributed by atoms with Crippen molar-refractivity contribution in [2.75, 3.05) is 12.4 Å². The molecule has 18 heavy (non-hydrogen) atoms. The van der Waals surface area contributed by atoms with Crippen LogP contribution in [0.25, 0.3) is 0 Å². The van der Waals surface area contributed by atoms with E-state index in [-0.39, 0.29) is 11.6 Å². The van der Waals surface area contributed by atoms with Crippen LogP contribution in [0.5, 0.6) is 5.75 Å². The first-order valence-corrected chi connectivity index (χ1v) is 5.90. The molecule has 0 aliphatic rings. The van der Waals surface area contributed by atoms with Crippen LogP contribution in [0.3, 0.4) is 0 Å². The predicted molar refractivity (Wildman–Crippen MR) is 69.1 cm³/mol. The summed E-state index contributed by atoms with van der Waals surface area (Å²) in [6.07, 6.45) is 0.974. The second-order valence-corrected chi connectivity index (χ2v) is 4.16. The quantitative estimate of drug-likeness (QED) is 0.847. The van der Waals surface area contributed by atoms with Crippen LogP contribution >= 0.6 is 0 Å². The van der Waals surface area contributed by atoms with Gasteiger partial charge in [0.2, 0.25) is 5.91 Å². The molecule has 0 aliphatic carbocycles. The zero-order valence-electron chi connectivity index (χ0n) is 10.9. The van der Waals surface area contributed by atoms with Crippen LogP contribution in [0.2, 0.25) is 0 Å². The molecular formula is C13H19FN2O2. The number of anilines is 1. The van der Waals surface area contributed by atoms with Crippen molar-refractivity contribution in [3.8, 4) is 5.75 Å². The van der Waals surface area contributed by atoms with Crippen LogP contribution in [0.4, 0.5) is 10.1 Å². The Morgan fingerprint density at radius 3 is 2.56 bits per heavy atom. The molecule has 0 bridgehead atoms. The van der Waals surface area contributed by atoms with Gasteiger partial charge in [-0.25, -0.2) is 4.39 Å². The normalized spacial score (nSPS) is 11.2. The van der Waals surface area contributed by atoms with E-state index in [1.165, 1.54) is 25.3 Å². The maximum atomic E-state index is 13.6. The standard InChI is InChI=1S/C13H19FN2O2/c1-4-13(15,5-2)12(17)16-11-8-9(18-3)6-7-10(11)14/h6-8H,4-5,15H2,1-3H3,(H,16,17). The molecule has 3 N–H and O–H groups in total. The first kappa shape index (κ1) is 14.4. The maximum absolute atomic E-state index is 13.6. The Morgan fingerprint density at radius 2 is 2.06 bits per heavy atom. The number of amides is 1. The van der Waals surface area contributed by atoms with E-state index >= 15 is 0 Å². The molecule has 1 amide bonds. The minimum atomic E-state index is -0.977. The van der Waals surface area contributed by atoms with Gasteiger partial charge < -0.3 is 15.8 Å². The number of hydrogen-bond donors (Lipinski definition) is 2. The number of nitrogens with two attached hydrogens (primary N) is 1. The van der Waals surface area contributed by atoms with Gasteiger partial charge in [-0.15, -0.1) is 0 Å². The summed E-state index contributed by atoms with van der Waals surface area (Å²) in [7, 11) is 1.48. The van der Waals surface area contributed by atoms with Crippen LogP contribution in [0.1, 0.15) is 26.7 Å². The van der Waals surface area contributed by atoms with Crippen LogP contribution in [-0.2, 0) is 4.79 Å². The van der Waals surface area contributed by atoms with Crippen molar-refractivity contribution in [2.45, 2.75) is 32.2 Å². The molecule has 0 aliphatic heterocycles. The van der Waals surface area contributed by atoms with Gasteiger partial charge in [0.1, 0.15) is 11.6 Å². The lowest BCUT2D eigenvalue weighted by Gasteiger charge is -2.25. The Balaban J connectivity index is 2.94. The number of benzene rings is 1. The van der Waals surface area contributed by atoms with Crippen molar-refractivity contribution in [2.24, 2.45) is 5.73 Å². The van der Waals surface area contributed by atoms with E-state index in [1.54, 1.807) is 0 Å². The number of carbonyl (C=O) groups excluding carboxylic acids is 1. The first-order valence-electron chi connectivity index (χ1n) is 5.90. The van der Waals surface area contributed by atoms with Gasteiger partial charge in [0.15, 0.2) is 0 Å². The molecule has 0 spiro atoms. The Labute approximate surface area is 106 Å². The van der Waals surface area contributed by atoms with Crippen LogP contribution in [0, 0.1) is 5.82 Å². The molecule has 0 aromatic heterocycles. The summed E-state index contributed by atoms with van der Waals surface area (Å²) in [5.74, 6) is -0.430. The lowest BCUT2D eigenvalue weighted by Crippen LogP contribution is -2.50. The number of ether oxygens (including phenoxy) is 1. The molecule has 5 heteroatoms. The van der Waals surface area contributed by atoms with Crippen molar-refractivity contribution in [3.05, 3.63) is 24.0 Å². The molecule has 1 aromatic carbocycles. The number of nitrogens with one attached hydrogen (secondary N) is 1. The van der Waals surface area contributed by atoms with Crippen molar-refractivity contribution in [1.82, 2.24) is 0 Å². The molecule has 0 atom stereocenters. The molecule has 0 saturated carbocycles. The first-order chi connectivity index (χ1) is 8.46. The zero-order chi connectivity index (χ0) is 13.8. The third-order valence-electron chi connectivity index (χ3n) is 3.14. The Kier molecular flexibility index (Phi) is 4.67. The molecular weight excluding hydrogens is 235 g/mol. The van der Waals surface area contributed by atoms with E-state index in [9.17, 15) is 9.18 Å². The average Bonchev–Trinajstić information content (AvgIpc) is 2.40. The van der Waals surface area contributed by atoms with Gasteiger partial charge in [-0.05, 0) is 25.0 Å². The van der Waals surface area contributed by atoms with Gasteiger partial charge in [-0.3, -0.25) is 4.79 Å². The molecule has 0 unspecified atom stereocenters. The molecule has 100 valence electrons. The van der Waals surface area contributed by atoms with E-state index in [0.717, 1.165) is 0 Å². The minimum Gasteiger partial charge on any atom is -0.497 e. The predicted octanol–water partition coefficient (Wildman–Crippen LogP) is 2.29. The van der Waals surface area contributed by atoms with Crippen LogP contribution in [-0.4, -0.2) is 18.6 Å². The lowest BCUT2D eigenvalue weighted by atomic mass is 9.93. The third-order valence-corrected chi connectivity index (χ3v) is 3.14. The highest BCUT2D eigenvalue weighted by atomic mass is 19.1. The van der Waals surface area contributed by atoms with Gasteiger partial charge >= 0.3 is 0 Å². The second kappa shape index (κ2) is 5.82. The van der Waals surface area contributed by atoms with Crippen molar-refractivity contribution in [3.63, 3.8) is 0 Å². The van der Waals surface area contributed by atoms with Crippen molar-refractivity contribution < 1.29 is 13.9 Å². The van der Waals surface area contributed by atoms with Crippen molar-refractivity contribution >= 4 is 11.6 Å². The summed E-state index contributed by atoms with van der Waals surface area (Å²) in [5, 5.41) is 2.51.